The molecule has 4 rings (SSSR count). The number of nitrogens with zero attached hydrogens (tertiary/aromatic N) is 2. The molecule has 1 aromatic carbocycles. The summed E-state index contributed by atoms with van der Waals surface area (Å²) in [6, 6.07) is 13.0. The summed E-state index contributed by atoms with van der Waals surface area (Å²) in [6.07, 6.45) is 12.3. The second kappa shape index (κ2) is 9.40. The standard InChI is InChI=1S/C24H32N4O/c25-24(29)22-12-6-14-28(22)17-18-7-4-11-21(15-18)27-23(19-8-2-1-3-9-19)20-10-5-13-26-16-20/h4-5,7,10-11,13,15-16,19,22-23,27H,1-3,6,8-9,12,14,17H2,(H2,25,29). The summed E-state index contributed by atoms with van der Waals surface area (Å²) in [5.74, 6) is 0.431. The Balaban J connectivity index is 1.50. The van der Waals surface area contributed by atoms with Crippen molar-refractivity contribution in [2.24, 2.45) is 11.7 Å². The first-order valence-electron chi connectivity index (χ1n) is 11.0. The topological polar surface area (TPSA) is 71.2 Å². The zero-order chi connectivity index (χ0) is 20.1. The van der Waals surface area contributed by atoms with Crippen LogP contribution in [0.2, 0.25) is 0 Å². The van der Waals surface area contributed by atoms with Gasteiger partial charge in [-0.25, -0.2) is 0 Å². The molecule has 2 heterocycles. The summed E-state index contributed by atoms with van der Waals surface area (Å²) in [6.45, 7) is 1.70. The van der Waals surface area contributed by atoms with E-state index in [4.69, 9.17) is 5.73 Å². The largest absolute Gasteiger partial charge is 0.378 e. The van der Waals surface area contributed by atoms with Gasteiger partial charge < -0.3 is 11.1 Å². The molecule has 5 heteroatoms. The van der Waals surface area contributed by atoms with Crippen molar-refractivity contribution in [3.05, 3.63) is 59.9 Å². The van der Waals surface area contributed by atoms with E-state index in [-0.39, 0.29) is 18.0 Å². The average Bonchev–Trinajstić information content (AvgIpc) is 3.22. The molecule has 1 saturated heterocycles. The third-order valence-corrected chi connectivity index (χ3v) is 6.49. The van der Waals surface area contributed by atoms with Crippen molar-refractivity contribution < 1.29 is 4.79 Å². The van der Waals surface area contributed by atoms with E-state index in [1.54, 1.807) is 0 Å². The zero-order valence-electron chi connectivity index (χ0n) is 17.1. The Hall–Kier alpha value is -2.40. The molecule has 1 amide bonds. The van der Waals surface area contributed by atoms with Gasteiger partial charge in [-0.2, -0.15) is 0 Å². The van der Waals surface area contributed by atoms with Gasteiger partial charge in [-0.1, -0.05) is 37.5 Å². The molecule has 154 valence electrons. The van der Waals surface area contributed by atoms with Crippen LogP contribution in [0.1, 0.15) is 62.1 Å². The Bertz CT molecular complexity index is 804. The Kier molecular flexibility index (Phi) is 6.45. The summed E-state index contributed by atoms with van der Waals surface area (Å²) in [7, 11) is 0. The minimum absolute atomic E-state index is 0.128. The molecule has 0 bridgehead atoms. The van der Waals surface area contributed by atoms with Gasteiger partial charge in [-0.05, 0) is 67.5 Å². The monoisotopic (exact) mass is 392 g/mol. The lowest BCUT2D eigenvalue weighted by Gasteiger charge is -2.32. The van der Waals surface area contributed by atoms with E-state index >= 15 is 0 Å². The van der Waals surface area contributed by atoms with Crippen LogP contribution in [0.3, 0.4) is 0 Å². The van der Waals surface area contributed by atoms with Crippen LogP contribution in [-0.2, 0) is 11.3 Å². The Morgan fingerprint density at radius 3 is 2.76 bits per heavy atom. The second-order valence-corrected chi connectivity index (χ2v) is 8.54. The van der Waals surface area contributed by atoms with Crippen LogP contribution in [-0.4, -0.2) is 28.4 Å². The molecule has 2 unspecified atom stereocenters. The highest BCUT2D eigenvalue weighted by Gasteiger charge is 2.29. The number of carbonyl (C=O) groups is 1. The summed E-state index contributed by atoms with van der Waals surface area (Å²) >= 11 is 0. The van der Waals surface area contributed by atoms with E-state index in [9.17, 15) is 4.79 Å². The van der Waals surface area contributed by atoms with Gasteiger partial charge in [0.1, 0.15) is 0 Å². The van der Waals surface area contributed by atoms with E-state index in [1.165, 1.54) is 43.2 Å². The third kappa shape index (κ3) is 4.96. The number of hydrogen-bond donors (Lipinski definition) is 2. The maximum absolute atomic E-state index is 11.7. The van der Waals surface area contributed by atoms with Crippen LogP contribution < -0.4 is 11.1 Å². The molecule has 1 aliphatic heterocycles. The SMILES string of the molecule is NC(=O)C1CCCN1Cc1cccc(NC(c2cccnc2)C2CCCCC2)c1. The van der Waals surface area contributed by atoms with Crippen LogP contribution in [0.15, 0.2) is 48.8 Å². The molecule has 3 N–H and O–H groups in total. The van der Waals surface area contributed by atoms with E-state index in [1.807, 2.05) is 18.5 Å². The molecular formula is C24H32N4O. The van der Waals surface area contributed by atoms with E-state index in [0.717, 1.165) is 31.6 Å². The molecule has 2 fully saturated rings. The molecule has 1 saturated carbocycles. The second-order valence-electron chi connectivity index (χ2n) is 8.54. The lowest BCUT2D eigenvalue weighted by molar-refractivity contribution is -0.122. The highest BCUT2D eigenvalue weighted by atomic mass is 16.1. The van der Waals surface area contributed by atoms with Crippen molar-refractivity contribution in [2.75, 3.05) is 11.9 Å². The number of carbonyl (C=O) groups excluding carboxylic acids is 1. The molecule has 1 aliphatic carbocycles. The molecule has 5 nitrogen and oxygen atoms in total. The van der Waals surface area contributed by atoms with Crippen molar-refractivity contribution in [1.82, 2.24) is 9.88 Å². The first kappa shape index (κ1) is 19.9. The number of anilines is 1. The number of amides is 1. The lowest BCUT2D eigenvalue weighted by atomic mass is 9.81. The summed E-state index contributed by atoms with van der Waals surface area (Å²) in [5, 5.41) is 3.81. The van der Waals surface area contributed by atoms with Crippen molar-refractivity contribution >= 4 is 11.6 Å². The molecule has 2 aliphatic rings. The van der Waals surface area contributed by atoms with Crippen molar-refractivity contribution in [1.29, 1.82) is 0 Å². The van der Waals surface area contributed by atoms with Gasteiger partial charge >= 0.3 is 0 Å². The number of benzene rings is 1. The minimum Gasteiger partial charge on any atom is -0.378 e. The predicted molar refractivity (Wildman–Crippen MR) is 116 cm³/mol. The molecule has 1 aromatic heterocycles. The first-order chi connectivity index (χ1) is 14.2. The Labute approximate surface area is 173 Å². The maximum Gasteiger partial charge on any atom is 0.234 e. The molecular weight excluding hydrogens is 360 g/mol. The number of aromatic nitrogens is 1. The molecule has 0 spiro atoms. The van der Waals surface area contributed by atoms with Gasteiger partial charge in [0.25, 0.3) is 0 Å². The Morgan fingerprint density at radius 1 is 1.14 bits per heavy atom. The fourth-order valence-corrected chi connectivity index (χ4v) is 5.01. The van der Waals surface area contributed by atoms with E-state index < -0.39 is 0 Å². The van der Waals surface area contributed by atoms with Crippen molar-refractivity contribution in [2.45, 2.75) is 63.6 Å². The number of likely N-dealkylation sites (tertiary alicyclic amines) is 1. The zero-order valence-corrected chi connectivity index (χ0v) is 17.1. The normalized spacial score (nSPS) is 21.7. The smallest absolute Gasteiger partial charge is 0.234 e. The van der Waals surface area contributed by atoms with Crippen molar-refractivity contribution in [3.63, 3.8) is 0 Å². The quantitative estimate of drug-likeness (QED) is 0.738. The fourth-order valence-electron chi connectivity index (χ4n) is 5.01. The van der Waals surface area contributed by atoms with Crippen LogP contribution in [0.5, 0.6) is 0 Å². The van der Waals surface area contributed by atoms with Crippen LogP contribution >= 0.6 is 0 Å². The number of nitrogens with one attached hydrogen (secondary N) is 1. The molecule has 0 radical (unpaired) electrons. The van der Waals surface area contributed by atoms with Gasteiger partial charge in [-0.15, -0.1) is 0 Å². The summed E-state index contributed by atoms with van der Waals surface area (Å²) in [4.78, 5) is 18.3. The Morgan fingerprint density at radius 2 is 2.00 bits per heavy atom. The number of pyridine rings is 1. The first-order valence-corrected chi connectivity index (χ1v) is 11.0. The van der Waals surface area contributed by atoms with E-state index in [2.05, 4.69) is 45.5 Å². The van der Waals surface area contributed by atoms with Gasteiger partial charge in [0.05, 0.1) is 12.1 Å². The molecule has 2 atom stereocenters. The van der Waals surface area contributed by atoms with Gasteiger partial charge in [-0.3, -0.25) is 14.7 Å². The molecule has 2 aromatic rings. The highest BCUT2D eigenvalue weighted by molar-refractivity contribution is 5.80. The lowest BCUT2D eigenvalue weighted by Crippen LogP contribution is -2.39. The predicted octanol–water partition coefficient (Wildman–Crippen LogP) is 4.26. The van der Waals surface area contributed by atoms with Crippen LogP contribution in [0, 0.1) is 5.92 Å². The third-order valence-electron chi connectivity index (χ3n) is 6.49. The maximum atomic E-state index is 11.7. The number of nitrogens with two attached hydrogens (primary N) is 1. The van der Waals surface area contributed by atoms with Crippen LogP contribution in [0.4, 0.5) is 5.69 Å². The minimum atomic E-state index is -0.203. The van der Waals surface area contributed by atoms with Crippen LogP contribution in [0.25, 0.3) is 0 Å². The summed E-state index contributed by atoms with van der Waals surface area (Å²) in [5.41, 5.74) is 9.20. The average molecular weight is 393 g/mol. The summed E-state index contributed by atoms with van der Waals surface area (Å²) < 4.78 is 0. The van der Waals surface area contributed by atoms with Crippen molar-refractivity contribution in [3.8, 4) is 0 Å². The van der Waals surface area contributed by atoms with Gasteiger partial charge in [0, 0.05) is 24.6 Å². The molecule has 29 heavy (non-hydrogen) atoms. The number of hydrogen-bond acceptors (Lipinski definition) is 4. The fraction of sp³-hybridized carbons (Fsp3) is 0.500. The van der Waals surface area contributed by atoms with Gasteiger partial charge in [0.15, 0.2) is 0 Å². The van der Waals surface area contributed by atoms with E-state index in [0.29, 0.717) is 5.92 Å². The number of rotatable bonds is 7. The number of primary amides is 1. The van der Waals surface area contributed by atoms with Gasteiger partial charge in [0.2, 0.25) is 5.91 Å². The highest BCUT2D eigenvalue weighted by Crippen LogP contribution is 2.36.